The Morgan fingerprint density at radius 2 is 2.17 bits per heavy atom. The maximum Gasteiger partial charge on any atom is 0.341 e. The topological polar surface area (TPSA) is 84.9 Å². The van der Waals surface area contributed by atoms with Crippen molar-refractivity contribution in [2.24, 2.45) is 11.8 Å². The van der Waals surface area contributed by atoms with Gasteiger partial charge in [-0.2, -0.15) is 0 Å². The van der Waals surface area contributed by atoms with Crippen LogP contribution in [0.2, 0.25) is 0 Å². The van der Waals surface area contributed by atoms with Gasteiger partial charge in [-0.15, -0.1) is 0 Å². The molecule has 0 unspecified atom stereocenters. The van der Waals surface area contributed by atoms with Crippen LogP contribution in [-0.2, 0) is 14.3 Å². The predicted molar refractivity (Wildman–Crippen MR) is 85.6 cm³/mol. The van der Waals surface area contributed by atoms with Gasteiger partial charge < -0.3 is 19.9 Å². The third kappa shape index (κ3) is 4.45. The monoisotopic (exact) mass is 321 g/mol. The maximum atomic E-state index is 12.4. The number of aryl methyl sites for hydroxylation is 1. The van der Waals surface area contributed by atoms with E-state index in [9.17, 15) is 9.59 Å². The van der Waals surface area contributed by atoms with Crippen molar-refractivity contribution in [3.63, 3.8) is 0 Å². The van der Waals surface area contributed by atoms with Crippen LogP contribution in [0.3, 0.4) is 0 Å². The Morgan fingerprint density at radius 3 is 2.78 bits per heavy atom. The van der Waals surface area contributed by atoms with E-state index in [1.165, 1.54) is 0 Å². The van der Waals surface area contributed by atoms with Gasteiger partial charge in [0.25, 0.3) is 5.91 Å². The van der Waals surface area contributed by atoms with Gasteiger partial charge in [0.15, 0.2) is 6.61 Å². The van der Waals surface area contributed by atoms with E-state index in [1.54, 1.807) is 18.2 Å². The number of anilines is 1. The molecule has 0 aliphatic carbocycles. The maximum absolute atomic E-state index is 12.4. The number of carbonyl (C=O) groups excluding carboxylic acids is 1. The molecule has 0 radical (unpaired) electrons. The highest BCUT2D eigenvalue weighted by Gasteiger charge is 2.36. The van der Waals surface area contributed by atoms with Gasteiger partial charge in [0.1, 0.15) is 11.9 Å². The molecule has 6 nitrogen and oxygen atoms in total. The van der Waals surface area contributed by atoms with Crippen LogP contribution in [0.25, 0.3) is 0 Å². The Kier molecular flexibility index (Phi) is 5.60. The molecule has 0 spiro atoms. The molecule has 1 amide bonds. The lowest BCUT2D eigenvalue weighted by Gasteiger charge is -2.21. The Morgan fingerprint density at radius 1 is 1.43 bits per heavy atom. The van der Waals surface area contributed by atoms with E-state index in [-0.39, 0.29) is 11.8 Å². The van der Waals surface area contributed by atoms with Crippen LogP contribution in [0.1, 0.15) is 25.8 Å². The Bertz CT molecular complexity index is 584. The van der Waals surface area contributed by atoms with Gasteiger partial charge in [-0.05, 0) is 48.9 Å². The van der Waals surface area contributed by atoms with Gasteiger partial charge in [0.2, 0.25) is 0 Å². The highest BCUT2D eigenvalue weighted by Crippen LogP contribution is 2.29. The molecule has 1 fully saturated rings. The van der Waals surface area contributed by atoms with Crippen molar-refractivity contribution in [1.82, 2.24) is 0 Å². The largest absolute Gasteiger partial charge is 0.482 e. The Hall–Kier alpha value is -2.08. The van der Waals surface area contributed by atoms with Gasteiger partial charge in [0.05, 0.1) is 0 Å². The normalized spacial score (nSPS) is 20.5. The zero-order valence-corrected chi connectivity index (χ0v) is 13.7. The number of nitrogens with one attached hydrogen (secondary N) is 1. The molecule has 0 bridgehead atoms. The van der Waals surface area contributed by atoms with Crippen molar-refractivity contribution in [3.05, 3.63) is 23.8 Å². The quantitative estimate of drug-likeness (QED) is 0.840. The van der Waals surface area contributed by atoms with Crippen molar-refractivity contribution in [2.75, 3.05) is 18.5 Å². The third-order valence-electron chi connectivity index (χ3n) is 4.07. The minimum atomic E-state index is -1.03. The second-order valence-electron chi connectivity index (χ2n) is 6.14. The van der Waals surface area contributed by atoms with Gasteiger partial charge in [-0.25, -0.2) is 4.79 Å². The molecule has 1 aliphatic rings. The minimum Gasteiger partial charge on any atom is -0.482 e. The third-order valence-corrected chi connectivity index (χ3v) is 4.07. The number of benzene rings is 1. The number of aliphatic carboxylic acids is 1. The van der Waals surface area contributed by atoms with Crippen molar-refractivity contribution in [2.45, 2.75) is 33.3 Å². The van der Waals surface area contributed by atoms with Crippen LogP contribution in [0, 0.1) is 18.8 Å². The van der Waals surface area contributed by atoms with E-state index in [4.69, 9.17) is 14.6 Å². The van der Waals surface area contributed by atoms with Crippen LogP contribution >= 0.6 is 0 Å². The number of hydrogen-bond donors (Lipinski definition) is 2. The first-order chi connectivity index (χ1) is 10.9. The van der Waals surface area contributed by atoms with Gasteiger partial charge in [0, 0.05) is 12.3 Å². The molecule has 6 heteroatoms. The molecule has 1 aromatic carbocycles. The molecular weight excluding hydrogens is 298 g/mol. The fourth-order valence-corrected chi connectivity index (χ4v) is 2.77. The molecule has 23 heavy (non-hydrogen) atoms. The lowest BCUT2D eigenvalue weighted by atomic mass is 9.89. The van der Waals surface area contributed by atoms with E-state index < -0.39 is 18.7 Å². The summed E-state index contributed by atoms with van der Waals surface area (Å²) in [7, 11) is 0. The van der Waals surface area contributed by atoms with E-state index >= 15 is 0 Å². The van der Waals surface area contributed by atoms with Gasteiger partial charge >= 0.3 is 5.97 Å². The summed E-state index contributed by atoms with van der Waals surface area (Å²) >= 11 is 0. The molecule has 0 saturated carbocycles. The van der Waals surface area contributed by atoms with Crippen molar-refractivity contribution < 1.29 is 24.2 Å². The Balaban J connectivity index is 2.02. The first kappa shape index (κ1) is 17.3. The van der Waals surface area contributed by atoms with Crippen LogP contribution in [0.15, 0.2) is 18.2 Å². The molecule has 1 heterocycles. The summed E-state index contributed by atoms with van der Waals surface area (Å²) in [5.41, 5.74) is 1.48. The second kappa shape index (κ2) is 7.46. The number of rotatable bonds is 6. The second-order valence-corrected chi connectivity index (χ2v) is 6.14. The van der Waals surface area contributed by atoms with Crippen molar-refractivity contribution in [1.29, 1.82) is 0 Å². The summed E-state index contributed by atoms with van der Waals surface area (Å²) in [6.45, 7) is 6.25. The van der Waals surface area contributed by atoms with Crippen LogP contribution in [0.5, 0.6) is 5.75 Å². The molecule has 1 aliphatic heterocycles. The molecular formula is C17H23NO5. The fourth-order valence-electron chi connectivity index (χ4n) is 2.77. The summed E-state index contributed by atoms with van der Waals surface area (Å²) in [6.07, 6.45) is 0.480. The fraction of sp³-hybridized carbons (Fsp3) is 0.529. The first-order valence-corrected chi connectivity index (χ1v) is 7.76. The Labute approximate surface area is 135 Å². The van der Waals surface area contributed by atoms with Crippen LogP contribution in [-0.4, -0.2) is 36.3 Å². The highest BCUT2D eigenvalue weighted by atomic mass is 16.5. The summed E-state index contributed by atoms with van der Waals surface area (Å²) in [4.78, 5) is 22.9. The summed E-state index contributed by atoms with van der Waals surface area (Å²) in [5, 5.41) is 11.5. The molecule has 126 valence electrons. The smallest absolute Gasteiger partial charge is 0.341 e. The molecule has 0 aromatic heterocycles. The average molecular weight is 321 g/mol. The molecule has 2 rings (SSSR count). The molecule has 2 atom stereocenters. The van der Waals surface area contributed by atoms with E-state index in [1.807, 2.05) is 6.92 Å². The minimum absolute atomic E-state index is 0.136. The number of amides is 1. The summed E-state index contributed by atoms with van der Waals surface area (Å²) in [5.74, 6) is -0.0867. The van der Waals surface area contributed by atoms with Crippen molar-refractivity contribution in [3.8, 4) is 5.75 Å². The number of ether oxygens (including phenoxy) is 2. The SMILES string of the molecule is Cc1cc(OCC(=O)O)ccc1NC(=O)[C@H]1OCC[C@H]1C(C)C. The van der Waals surface area contributed by atoms with Crippen LogP contribution < -0.4 is 10.1 Å². The number of carbonyl (C=O) groups is 2. The van der Waals surface area contributed by atoms with E-state index in [2.05, 4.69) is 19.2 Å². The molecule has 1 saturated heterocycles. The van der Waals surface area contributed by atoms with Crippen molar-refractivity contribution >= 4 is 17.6 Å². The molecule has 2 N–H and O–H groups in total. The van der Waals surface area contributed by atoms with Gasteiger partial charge in [-0.3, -0.25) is 4.79 Å². The predicted octanol–water partition coefficient (Wildman–Crippen LogP) is 2.46. The average Bonchev–Trinajstić information content (AvgIpc) is 2.97. The standard InChI is InChI=1S/C17H23NO5/c1-10(2)13-6-7-22-16(13)17(21)18-14-5-4-12(8-11(14)3)23-9-15(19)20/h4-5,8,10,13,16H,6-7,9H2,1-3H3,(H,18,21)(H,19,20)/t13-,16-/m0/s1. The van der Waals surface area contributed by atoms with E-state index in [0.717, 1.165) is 12.0 Å². The zero-order chi connectivity index (χ0) is 17.0. The van der Waals surface area contributed by atoms with E-state index in [0.29, 0.717) is 24.0 Å². The zero-order valence-electron chi connectivity index (χ0n) is 13.7. The number of carboxylic acid groups (broad SMARTS) is 1. The first-order valence-electron chi connectivity index (χ1n) is 7.76. The number of carboxylic acids is 1. The summed E-state index contributed by atoms with van der Waals surface area (Å²) in [6, 6.07) is 5.05. The molecule has 1 aromatic rings. The lowest BCUT2D eigenvalue weighted by molar-refractivity contribution is -0.139. The summed E-state index contributed by atoms with van der Waals surface area (Å²) < 4.78 is 10.7. The van der Waals surface area contributed by atoms with Gasteiger partial charge in [-0.1, -0.05) is 13.8 Å². The lowest BCUT2D eigenvalue weighted by Crippen LogP contribution is -2.34. The number of hydrogen-bond acceptors (Lipinski definition) is 4. The highest BCUT2D eigenvalue weighted by molar-refractivity contribution is 5.95. The van der Waals surface area contributed by atoms with Crippen LogP contribution in [0.4, 0.5) is 5.69 Å².